The number of hydroxylamine groups is 1. The molecule has 0 saturated carbocycles. The van der Waals surface area contributed by atoms with Crippen LogP contribution in [-0.4, -0.2) is 18.8 Å². The molecule has 12 heavy (non-hydrogen) atoms. The molecule has 1 aromatic carbocycles. The zero-order valence-corrected chi connectivity index (χ0v) is 6.87. The summed E-state index contributed by atoms with van der Waals surface area (Å²) in [5.41, 5.74) is 0.613. The van der Waals surface area contributed by atoms with E-state index in [0.29, 0.717) is 12.4 Å². The van der Waals surface area contributed by atoms with Gasteiger partial charge in [0.05, 0.1) is 0 Å². The van der Waals surface area contributed by atoms with Crippen LogP contribution in [0.15, 0.2) is 24.3 Å². The van der Waals surface area contributed by atoms with Gasteiger partial charge in [0.2, 0.25) is 0 Å². The minimum atomic E-state index is 0.0255. The zero-order chi connectivity index (χ0) is 8.97. The van der Waals surface area contributed by atoms with Crippen LogP contribution in [0.3, 0.4) is 0 Å². The van der Waals surface area contributed by atoms with Gasteiger partial charge in [-0.3, -0.25) is 5.32 Å². The third-order valence-electron chi connectivity index (χ3n) is 1.53. The Hall–Kier alpha value is -1.10. The Morgan fingerprint density at radius 2 is 2.00 bits per heavy atom. The average molecular weight is 168 g/mol. The Morgan fingerprint density at radius 3 is 2.50 bits per heavy atom. The minimum absolute atomic E-state index is 0.0255. The van der Waals surface area contributed by atoms with Crippen molar-refractivity contribution in [1.82, 2.24) is 5.32 Å². The van der Waals surface area contributed by atoms with Crippen molar-refractivity contribution in [1.29, 1.82) is 0 Å². The monoisotopic (exact) mass is 168 g/mol. The molecule has 0 saturated heterocycles. The molecule has 1 aromatic rings. The van der Waals surface area contributed by atoms with Crippen molar-refractivity contribution >= 4 is 5.69 Å². The maximum Gasteiger partial charge on any atom is 0.135 e. The highest BCUT2D eigenvalue weighted by atomic mass is 16.5. The predicted molar refractivity (Wildman–Crippen MR) is 46.0 cm³/mol. The number of aromatic hydroxyl groups is 1. The number of phenols is 1. The fourth-order valence-corrected chi connectivity index (χ4v) is 0.910. The van der Waals surface area contributed by atoms with E-state index in [1.807, 2.05) is 0 Å². The van der Waals surface area contributed by atoms with Gasteiger partial charge in [-0.05, 0) is 19.2 Å². The van der Waals surface area contributed by atoms with Crippen molar-refractivity contribution in [3.05, 3.63) is 29.5 Å². The Morgan fingerprint density at radius 1 is 1.42 bits per heavy atom. The molecule has 0 fully saturated rings. The highest BCUT2D eigenvalue weighted by molar-refractivity contribution is 5.34. The second-order valence-electron chi connectivity index (χ2n) is 2.50. The van der Waals surface area contributed by atoms with E-state index in [4.69, 9.17) is 5.11 Å². The van der Waals surface area contributed by atoms with Gasteiger partial charge in [0.15, 0.2) is 0 Å². The number of quaternary nitrogens is 1. The van der Waals surface area contributed by atoms with Gasteiger partial charge in [0.1, 0.15) is 18.1 Å². The summed E-state index contributed by atoms with van der Waals surface area (Å²) in [5.74, 6) is 0.177. The molecule has 0 aliphatic rings. The van der Waals surface area contributed by atoms with Crippen LogP contribution < -0.4 is 10.4 Å². The van der Waals surface area contributed by atoms with Crippen LogP contribution in [0.2, 0.25) is 0 Å². The number of rotatable bonds is 3. The summed E-state index contributed by atoms with van der Waals surface area (Å²) in [6.45, 7) is 0.324. The van der Waals surface area contributed by atoms with E-state index in [1.54, 1.807) is 19.2 Å². The van der Waals surface area contributed by atoms with Crippen LogP contribution in [0.1, 0.15) is 0 Å². The maximum absolute atomic E-state index is 11.2. The van der Waals surface area contributed by atoms with Gasteiger partial charge < -0.3 is 15.4 Å². The second kappa shape index (κ2) is 4.06. The molecule has 4 nitrogen and oxygen atoms in total. The number of hydrogen-bond acceptors (Lipinski definition) is 3. The summed E-state index contributed by atoms with van der Waals surface area (Å²) >= 11 is 0. The number of benzene rings is 1. The quantitative estimate of drug-likeness (QED) is 0.326. The third kappa shape index (κ3) is 2.20. The van der Waals surface area contributed by atoms with Crippen molar-refractivity contribution < 1.29 is 10.2 Å². The Labute approximate surface area is 71.0 Å². The smallest absolute Gasteiger partial charge is 0.135 e. The SMILES string of the molecule is CNC[NH+]([O-])c1ccc(O)cc1. The van der Waals surface area contributed by atoms with Gasteiger partial charge in [-0.15, -0.1) is 0 Å². The van der Waals surface area contributed by atoms with Crippen LogP contribution in [0.4, 0.5) is 5.69 Å². The van der Waals surface area contributed by atoms with Crippen molar-refractivity contribution in [2.75, 3.05) is 13.7 Å². The van der Waals surface area contributed by atoms with Crippen molar-refractivity contribution in [2.45, 2.75) is 0 Å². The van der Waals surface area contributed by atoms with E-state index in [1.165, 1.54) is 12.1 Å². The fourth-order valence-electron chi connectivity index (χ4n) is 0.910. The topological polar surface area (TPSA) is 59.8 Å². The molecule has 1 rings (SSSR count). The average Bonchev–Trinajstić information content (AvgIpc) is 2.06. The van der Waals surface area contributed by atoms with E-state index < -0.39 is 0 Å². The summed E-state index contributed by atoms with van der Waals surface area (Å²) in [5, 5.41) is 22.9. The van der Waals surface area contributed by atoms with Crippen LogP contribution in [0.5, 0.6) is 5.75 Å². The first kappa shape index (κ1) is 8.99. The molecule has 1 atom stereocenters. The molecule has 0 amide bonds. The fraction of sp³-hybridized carbons (Fsp3) is 0.250. The first-order valence-electron chi connectivity index (χ1n) is 3.71. The highest BCUT2D eigenvalue weighted by Crippen LogP contribution is 2.09. The lowest BCUT2D eigenvalue weighted by molar-refractivity contribution is -0.779. The van der Waals surface area contributed by atoms with E-state index in [9.17, 15) is 5.21 Å². The van der Waals surface area contributed by atoms with E-state index >= 15 is 0 Å². The normalized spacial score (nSPS) is 12.8. The maximum atomic E-state index is 11.2. The van der Waals surface area contributed by atoms with Crippen LogP contribution in [0, 0.1) is 5.21 Å². The van der Waals surface area contributed by atoms with Gasteiger partial charge in [-0.25, -0.2) is 0 Å². The number of hydrogen-bond donors (Lipinski definition) is 3. The van der Waals surface area contributed by atoms with Crippen molar-refractivity contribution in [2.24, 2.45) is 0 Å². The summed E-state index contributed by atoms with van der Waals surface area (Å²) in [6, 6.07) is 6.22. The molecule has 0 aliphatic heterocycles. The zero-order valence-electron chi connectivity index (χ0n) is 6.87. The Bertz CT molecular complexity index is 235. The van der Waals surface area contributed by atoms with Crippen molar-refractivity contribution in [3.63, 3.8) is 0 Å². The number of nitrogens with one attached hydrogen (secondary N) is 2. The molecule has 4 heteroatoms. The van der Waals surface area contributed by atoms with E-state index in [-0.39, 0.29) is 10.8 Å². The Balaban J connectivity index is 2.68. The van der Waals surface area contributed by atoms with Gasteiger partial charge >= 0.3 is 0 Å². The molecule has 0 aliphatic carbocycles. The summed E-state index contributed by atoms with van der Waals surface area (Å²) in [7, 11) is 1.72. The predicted octanol–water partition coefficient (Wildman–Crippen LogP) is -0.417. The van der Waals surface area contributed by atoms with Gasteiger partial charge in [0, 0.05) is 12.1 Å². The van der Waals surface area contributed by atoms with E-state index in [2.05, 4.69) is 5.32 Å². The van der Waals surface area contributed by atoms with Gasteiger partial charge in [0.25, 0.3) is 0 Å². The first-order valence-corrected chi connectivity index (χ1v) is 3.71. The van der Waals surface area contributed by atoms with Gasteiger partial charge in [-0.2, -0.15) is 0 Å². The van der Waals surface area contributed by atoms with Crippen molar-refractivity contribution in [3.8, 4) is 5.75 Å². The Kier molecular flexibility index (Phi) is 3.04. The lowest BCUT2D eigenvalue weighted by Crippen LogP contribution is -3.03. The lowest BCUT2D eigenvalue weighted by atomic mass is 10.3. The first-order chi connectivity index (χ1) is 5.74. The van der Waals surface area contributed by atoms with Crippen LogP contribution >= 0.6 is 0 Å². The highest BCUT2D eigenvalue weighted by Gasteiger charge is 1.99. The molecule has 66 valence electrons. The van der Waals surface area contributed by atoms with Crippen LogP contribution in [-0.2, 0) is 0 Å². The molecule has 1 unspecified atom stereocenters. The van der Waals surface area contributed by atoms with Crippen LogP contribution in [0.25, 0.3) is 0 Å². The molecule has 0 heterocycles. The number of phenolic OH excluding ortho intramolecular Hbond substituents is 1. The molecule has 0 spiro atoms. The third-order valence-corrected chi connectivity index (χ3v) is 1.53. The summed E-state index contributed by atoms with van der Waals surface area (Å²) in [4.78, 5) is 0. The summed E-state index contributed by atoms with van der Waals surface area (Å²) < 4.78 is 0. The summed E-state index contributed by atoms with van der Waals surface area (Å²) in [6.07, 6.45) is 0. The molecule has 0 bridgehead atoms. The lowest BCUT2D eigenvalue weighted by Gasteiger charge is -2.20. The molecule has 0 aromatic heterocycles. The van der Waals surface area contributed by atoms with E-state index in [0.717, 1.165) is 0 Å². The minimum Gasteiger partial charge on any atom is -0.628 e. The standard InChI is InChI=1S/C8H12N2O2/c1-9-6-10(12)7-2-4-8(11)5-3-7/h2-5,9-11H,6H2,1H3. The molecular weight excluding hydrogens is 156 g/mol. The molecule has 0 radical (unpaired) electrons. The molecule has 3 N–H and O–H groups in total. The van der Waals surface area contributed by atoms with Gasteiger partial charge in [-0.1, -0.05) is 0 Å². The largest absolute Gasteiger partial charge is 0.628 e. The molecular formula is C8H12N2O2. The second-order valence-corrected chi connectivity index (χ2v) is 2.50.